The maximum Gasteiger partial charge on any atom is 0.416 e. The summed E-state index contributed by atoms with van der Waals surface area (Å²) < 4.78 is 45.5. The molecule has 0 unspecified atom stereocenters. The van der Waals surface area contributed by atoms with E-state index in [-0.39, 0.29) is 5.69 Å². The van der Waals surface area contributed by atoms with Gasteiger partial charge in [-0.25, -0.2) is 0 Å². The van der Waals surface area contributed by atoms with Gasteiger partial charge in [-0.3, -0.25) is 14.5 Å². The summed E-state index contributed by atoms with van der Waals surface area (Å²) in [5, 5.41) is 0. The molecular weight excluding hydrogens is 427 g/mol. The van der Waals surface area contributed by atoms with Crippen LogP contribution in [-0.2, 0) is 20.5 Å². The lowest BCUT2D eigenvalue weighted by Crippen LogP contribution is -2.35. The van der Waals surface area contributed by atoms with Crippen molar-refractivity contribution in [2.75, 3.05) is 4.90 Å². The summed E-state index contributed by atoms with van der Waals surface area (Å²) in [5.74, 6) is -1.33. The Kier molecular flexibility index (Phi) is 5.49. The number of carbonyl (C=O) groups excluding carboxylic acids is 2. The van der Waals surface area contributed by atoms with E-state index in [1.54, 1.807) is 54.6 Å². The number of nitrogens with zero attached hydrogens (tertiary/aromatic N) is 1. The average molecular weight is 443 g/mol. The number of carbonyl (C=O) groups is 2. The molecule has 1 heterocycles. The maximum absolute atomic E-state index is 13.7. The van der Waals surface area contributed by atoms with Gasteiger partial charge in [0.05, 0.1) is 16.9 Å². The molecule has 0 bridgehead atoms. The lowest BCUT2D eigenvalue weighted by Gasteiger charge is -2.33. The van der Waals surface area contributed by atoms with Crippen molar-refractivity contribution in [1.82, 2.24) is 0 Å². The first-order valence-electron chi connectivity index (χ1n) is 9.30. The van der Waals surface area contributed by atoms with Crippen molar-refractivity contribution in [3.05, 3.63) is 83.9 Å². The van der Waals surface area contributed by atoms with Gasteiger partial charge in [0.2, 0.25) is 6.10 Å². The van der Waals surface area contributed by atoms with Crippen LogP contribution in [0, 0.1) is 0 Å². The number of hydrogen-bond donors (Lipinski definition) is 0. The Bertz CT molecular complexity index is 1150. The second-order valence-electron chi connectivity index (χ2n) is 6.82. The quantitative estimate of drug-likeness (QED) is 0.456. The Morgan fingerprint density at radius 3 is 2.23 bits per heavy atom. The zero-order valence-electron chi connectivity index (χ0n) is 16.2. The van der Waals surface area contributed by atoms with Gasteiger partial charge >= 0.3 is 12.1 Å². The topological polar surface area (TPSA) is 46.6 Å². The molecule has 3 aromatic carbocycles. The van der Waals surface area contributed by atoms with Crippen molar-refractivity contribution in [3.8, 4) is 0 Å². The molecule has 1 amide bonds. The summed E-state index contributed by atoms with van der Waals surface area (Å²) in [6, 6.07) is 18.6. The molecule has 3 aromatic rings. The number of esters is 1. The lowest BCUT2D eigenvalue weighted by molar-refractivity contribution is -0.153. The SMILES string of the molecule is CC(=O)O[C@@H](C(=O)N1c2ccccc2Sc2ccc(C(F)(F)F)cc21)c1ccccc1. The van der Waals surface area contributed by atoms with Gasteiger partial charge in [0.1, 0.15) is 0 Å². The summed E-state index contributed by atoms with van der Waals surface area (Å²) in [6.45, 7) is 1.18. The van der Waals surface area contributed by atoms with E-state index in [0.717, 1.165) is 12.1 Å². The Balaban J connectivity index is 1.88. The Hall–Kier alpha value is -3.26. The molecule has 0 radical (unpaired) electrons. The molecule has 1 aliphatic rings. The fraction of sp³-hybridized carbons (Fsp3) is 0.130. The van der Waals surface area contributed by atoms with E-state index in [9.17, 15) is 22.8 Å². The van der Waals surface area contributed by atoms with Gasteiger partial charge in [-0.15, -0.1) is 0 Å². The summed E-state index contributed by atoms with van der Waals surface area (Å²) in [4.78, 5) is 27.8. The van der Waals surface area contributed by atoms with Crippen molar-refractivity contribution < 1.29 is 27.5 Å². The van der Waals surface area contributed by atoms with Gasteiger partial charge in [-0.2, -0.15) is 13.2 Å². The van der Waals surface area contributed by atoms with Gasteiger partial charge in [-0.05, 0) is 30.3 Å². The molecule has 0 fully saturated rings. The number of anilines is 2. The van der Waals surface area contributed by atoms with E-state index in [1.165, 1.54) is 29.7 Å². The first-order chi connectivity index (χ1) is 14.8. The van der Waals surface area contributed by atoms with Crippen LogP contribution in [0.1, 0.15) is 24.2 Å². The largest absolute Gasteiger partial charge is 0.447 e. The number of halogens is 3. The first-order valence-corrected chi connectivity index (χ1v) is 10.1. The van der Waals surface area contributed by atoms with E-state index in [4.69, 9.17) is 4.74 Å². The molecule has 1 aliphatic heterocycles. The molecular formula is C23H16F3NO3S. The van der Waals surface area contributed by atoms with E-state index < -0.39 is 29.7 Å². The fourth-order valence-corrected chi connectivity index (χ4v) is 4.38. The predicted molar refractivity (Wildman–Crippen MR) is 110 cm³/mol. The number of hydrogen-bond acceptors (Lipinski definition) is 4. The van der Waals surface area contributed by atoms with Crippen LogP contribution < -0.4 is 4.90 Å². The van der Waals surface area contributed by atoms with Gasteiger partial charge in [-0.1, -0.05) is 54.2 Å². The molecule has 8 heteroatoms. The minimum Gasteiger partial charge on any atom is -0.447 e. The van der Waals surface area contributed by atoms with E-state index >= 15 is 0 Å². The minimum atomic E-state index is -4.57. The summed E-state index contributed by atoms with van der Waals surface area (Å²) in [6.07, 6.45) is -5.88. The molecule has 0 saturated carbocycles. The zero-order valence-corrected chi connectivity index (χ0v) is 17.0. The number of ether oxygens (including phenoxy) is 1. The molecule has 31 heavy (non-hydrogen) atoms. The molecule has 0 saturated heterocycles. The van der Waals surface area contributed by atoms with E-state index in [1.807, 2.05) is 0 Å². The number of fused-ring (bicyclic) bond motifs is 2. The van der Waals surface area contributed by atoms with Crippen LogP contribution in [-0.4, -0.2) is 11.9 Å². The Morgan fingerprint density at radius 1 is 0.903 bits per heavy atom. The number of alkyl halides is 3. The molecule has 4 nitrogen and oxygen atoms in total. The van der Waals surface area contributed by atoms with Gasteiger partial charge < -0.3 is 4.74 Å². The van der Waals surface area contributed by atoms with Crippen molar-refractivity contribution >= 4 is 35.0 Å². The first kappa shape index (κ1) is 21.0. The maximum atomic E-state index is 13.7. The van der Waals surface area contributed by atoms with Crippen molar-refractivity contribution in [2.45, 2.75) is 29.0 Å². The standard InChI is InChI=1S/C23H16F3NO3S/c1-14(28)30-21(15-7-3-2-4-8-15)22(29)27-17-9-5-6-10-19(17)31-20-12-11-16(13-18(20)27)23(24,25)26/h2-13,21H,1H3/t21-/m1/s1. The van der Waals surface area contributed by atoms with E-state index in [2.05, 4.69) is 0 Å². The third kappa shape index (κ3) is 4.16. The smallest absolute Gasteiger partial charge is 0.416 e. The number of amides is 1. The van der Waals surface area contributed by atoms with Crippen LogP contribution in [0.5, 0.6) is 0 Å². The molecule has 0 N–H and O–H groups in total. The van der Waals surface area contributed by atoms with Crippen LogP contribution in [0.4, 0.5) is 24.5 Å². The average Bonchev–Trinajstić information content (AvgIpc) is 2.74. The summed E-state index contributed by atoms with van der Waals surface area (Å²) in [7, 11) is 0. The molecule has 0 aromatic heterocycles. The third-order valence-electron chi connectivity index (χ3n) is 4.68. The molecule has 0 spiro atoms. The highest BCUT2D eigenvalue weighted by molar-refractivity contribution is 7.99. The second-order valence-corrected chi connectivity index (χ2v) is 7.91. The molecule has 0 aliphatic carbocycles. The second kappa shape index (κ2) is 8.11. The summed E-state index contributed by atoms with van der Waals surface area (Å²) in [5.41, 5.74) is 0.0775. The minimum absolute atomic E-state index is 0.0941. The number of para-hydroxylation sites is 1. The normalized spacial score (nSPS) is 13.7. The monoisotopic (exact) mass is 443 g/mol. The van der Waals surface area contributed by atoms with Gasteiger partial charge in [0, 0.05) is 22.3 Å². The highest BCUT2D eigenvalue weighted by atomic mass is 32.2. The van der Waals surface area contributed by atoms with Crippen molar-refractivity contribution in [1.29, 1.82) is 0 Å². The van der Waals surface area contributed by atoms with Crippen LogP contribution in [0.3, 0.4) is 0 Å². The van der Waals surface area contributed by atoms with Gasteiger partial charge in [0.25, 0.3) is 5.91 Å². The molecule has 4 rings (SSSR count). The zero-order chi connectivity index (χ0) is 22.2. The van der Waals surface area contributed by atoms with Crippen molar-refractivity contribution in [3.63, 3.8) is 0 Å². The fourth-order valence-electron chi connectivity index (χ4n) is 3.34. The lowest BCUT2D eigenvalue weighted by atomic mass is 10.1. The number of benzene rings is 3. The Morgan fingerprint density at radius 2 is 1.55 bits per heavy atom. The highest BCUT2D eigenvalue weighted by Crippen LogP contribution is 2.50. The van der Waals surface area contributed by atoms with Crippen LogP contribution >= 0.6 is 11.8 Å². The third-order valence-corrected chi connectivity index (χ3v) is 5.81. The van der Waals surface area contributed by atoms with Crippen LogP contribution in [0.15, 0.2) is 82.6 Å². The predicted octanol–water partition coefficient (Wildman–Crippen LogP) is 6.14. The molecule has 158 valence electrons. The highest BCUT2D eigenvalue weighted by Gasteiger charge is 2.38. The van der Waals surface area contributed by atoms with E-state index in [0.29, 0.717) is 21.0 Å². The van der Waals surface area contributed by atoms with Crippen LogP contribution in [0.25, 0.3) is 0 Å². The summed E-state index contributed by atoms with van der Waals surface area (Å²) >= 11 is 1.28. The Labute approximate surface area is 180 Å². The van der Waals surface area contributed by atoms with Crippen LogP contribution in [0.2, 0.25) is 0 Å². The van der Waals surface area contributed by atoms with Gasteiger partial charge in [0.15, 0.2) is 0 Å². The molecule has 1 atom stereocenters. The van der Waals surface area contributed by atoms with Crippen molar-refractivity contribution in [2.24, 2.45) is 0 Å². The number of rotatable bonds is 3.